The van der Waals surface area contributed by atoms with Gasteiger partial charge in [-0.25, -0.2) is 21.6 Å². The topological polar surface area (TPSA) is 80.3 Å². The lowest BCUT2D eigenvalue weighted by Crippen LogP contribution is -2.27. The molecule has 0 spiro atoms. The second-order valence-electron chi connectivity index (χ2n) is 5.14. The third-order valence-corrected chi connectivity index (χ3v) is 6.15. The van der Waals surface area contributed by atoms with Crippen molar-refractivity contribution in [2.75, 3.05) is 6.26 Å². The molecule has 0 aliphatic rings. The number of hydrogen-bond acceptors (Lipinski definition) is 4. The summed E-state index contributed by atoms with van der Waals surface area (Å²) in [6.07, 6.45) is 1.03. The first-order valence-electron chi connectivity index (χ1n) is 6.67. The maximum atomic E-state index is 12.4. The van der Waals surface area contributed by atoms with Crippen LogP contribution in [0.4, 0.5) is 0 Å². The minimum Gasteiger partial charge on any atom is -0.224 e. The smallest absolute Gasteiger partial charge is 0.224 e. The molecule has 2 aromatic carbocycles. The molecular weight excluding hydrogens is 358 g/mol. The number of benzene rings is 2. The molecule has 23 heavy (non-hydrogen) atoms. The highest BCUT2D eigenvalue weighted by atomic mass is 35.5. The van der Waals surface area contributed by atoms with Crippen LogP contribution in [0.1, 0.15) is 18.5 Å². The van der Waals surface area contributed by atoms with Crippen molar-refractivity contribution in [3.05, 3.63) is 59.1 Å². The van der Waals surface area contributed by atoms with E-state index in [9.17, 15) is 16.8 Å². The SMILES string of the molecule is CC(NS(=O)(=O)c1cccc(S(C)(=O)=O)c1)c1ccc(Cl)cc1. The maximum Gasteiger partial charge on any atom is 0.241 e. The van der Waals surface area contributed by atoms with Gasteiger partial charge in [0, 0.05) is 17.3 Å². The lowest BCUT2D eigenvalue weighted by molar-refractivity contribution is 0.566. The molecule has 1 unspecified atom stereocenters. The van der Waals surface area contributed by atoms with Gasteiger partial charge in [-0.2, -0.15) is 0 Å². The average Bonchev–Trinajstić information content (AvgIpc) is 2.46. The van der Waals surface area contributed by atoms with E-state index in [2.05, 4.69) is 4.72 Å². The van der Waals surface area contributed by atoms with E-state index in [1.165, 1.54) is 18.2 Å². The zero-order valence-electron chi connectivity index (χ0n) is 12.5. The summed E-state index contributed by atoms with van der Waals surface area (Å²) in [6, 6.07) is 11.6. The molecule has 2 aromatic rings. The Bertz CT molecular complexity index is 907. The highest BCUT2D eigenvalue weighted by Crippen LogP contribution is 2.20. The van der Waals surface area contributed by atoms with Crippen molar-refractivity contribution in [2.45, 2.75) is 22.8 Å². The summed E-state index contributed by atoms with van der Waals surface area (Å²) in [4.78, 5) is -0.138. The van der Waals surface area contributed by atoms with Gasteiger partial charge >= 0.3 is 0 Å². The van der Waals surface area contributed by atoms with E-state index in [1.807, 2.05) is 0 Å². The molecule has 1 N–H and O–H groups in total. The summed E-state index contributed by atoms with van der Waals surface area (Å²) in [5, 5.41) is 0.560. The Balaban J connectivity index is 2.30. The summed E-state index contributed by atoms with van der Waals surface area (Å²) >= 11 is 5.81. The second-order valence-corrected chi connectivity index (χ2v) is 9.31. The fourth-order valence-corrected chi connectivity index (χ4v) is 4.14. The van der Waals surface area contributed by atoms with E-state index in [4.69, 9.17) is 11.6 Å². The van der Waals surface area contributed by atoms with Crippen molar-refractivity contribution < 1.29 is 16.8 Å². The van der Waals surface area contributed by atoms with E-state index < -0.39 is 25.9 Å². The Hall–Kier alpha value is -1.41. The van der Waals surface area contributed by atoms with Gasteiger partial charge in [-0.15, -0.1) is 0 Å². The van der Waals surface area contributed by atoms with Gasteiger partial charge in [-0.1, -0.05) is 29.8 Å². The number of sulfonamides is 1. The molecule has 0 aliphatic heterocycles. The van der Waals surface area contributed by atoms with Crippen molar-refractivity contribution in [3.8, 4) is 0 Å². The summed E-state index contributed by atoms with van der Waals surface area (Å²) in [7, 11) is -7.33. The van der Waals surface area contributed by atoms with Crippen LogP contribution in [0.5, 0.6) is 0 Å². The van der Waals surface area contributed by atoms with Crippen LogP contribution in [-0.4, -0.2) is 23.1 Å². The zero-order chi connectivity index (χ0) is 17.3. The van der Waals surface area contributed by atoms with Gasteiger partial charge in [0.15, 0.2) is 9.84 Å². The van der Waals surface area contributed by atoms with E-state index in [0.717, 1.165) is 17.9 Å². The summed E-state index contributed by atoms with van der Waals surface area (Å²) in [5.41, 5.74) is 0.747. The molecule has 0 aromatic heterocycles. The predicted octanol–water partition coefficient (Wildman–Crippen LogP) is 2.78. The molecule has 8 heteroatoms. The maximum absolute atomic E-state index is 12.4. The molecule has 0 saturated heterocycles. The van der Waals surface area contributed by atoms with Crippen LogP contribution in [0, 0.1) is 0 Å². The Morgan fingerprint density at radius 2 is 1.52 bits per heavy atom. The minimum atomic E-state index is -3.85. The Labute approximate surface area is 141 Å². The number of nitrogens with one attached hydrogen (secondary N) is 1. The first-order valence-corrected chi connectivity index (χ1v) is 10.4. The Kier molecular flexibility index (Phi) is 5.15. The number of hydrogen-bond donors (Lipinski definition) is 1. The number of halogens is 1. The molecule has 0 aliphatic carbocycles. The first kappa shape index (κ1) is 17.9. The van der Waals surface area contributed by atoms with Crippen LogP contribution >= 0.6 is 11.6 Å². The molecule has 5 nitrogen and oxygen atoms in total. The van der Waals surface area contributed by atoms with Crippen molar-refractivity contribution in [2.24, 2.45) is 0 Å². The quantitative estimate of drug-likeness (QED) is 0.873. The van der Waals surface area contributed by atoms with Crippen molar-refractivity contribution >= 4 is 31.5 Å². The van der Waals surface area contributed by atoms with E-state index in [-0.39, 0.29) is 9.79 Å². The van der Waals surface area contributed by atoms with Gasteiger partial charge < -0.3 is 0 Å². The lowest BCUT2D eigenvalue weighted by atomic mass is 10.1. The predicted molar refractivity (Wildman–Crippen MR) is 89.7 cm³/mol. The van der Waals surface area contributed by atoms with Crippen LogP contribution in [0.25, 0.3) is 0 Å². The highest BCUT2D eigenvalue weighted by Gasteiger charge is 2.20. The Morgan fingerprint density at radius 3 is 2.09 bits per heavy atom. The van der Waals surface area contributed by atoms with Gasteiger partial charge in [0.2, 0.25) is 10.0 Å². The lowest BCUT2D eigenvalue weighted by Gasteiger charge is -2.15. The van der Waals surface area contributed by atoms with Crippen LogP contribution in [0.2, 0.25) is 5.02 Å². The van der Waals surface area contributed by atoms with E-state index in [1.54, 1.807) is 31.2 Å². The third-order valence-electron chi connectivity index (χ3n) is 3.25. The normalized spacial score (nSPS) is 13.7. The fraction of sp³-hybridized carbons (Fsp3) is 0.200. The number of rotatable bonds is 5. The average molecular weight is 374 g/mol. The minimum absolute atomic E-state index is 0.0421. The molecule has 0 bridgehead atoms. The third kappa shape index (κ3) is 4.54. The van der Waals surface area contributed by atoms with E-state index in [0.29, 0.717) is 5.02 Å². The highest BCUT2D eigenvalue weighted by molar-refractivity contribution is 7.91. The summed E-state index contributed by atoms with van der Waals surface area (Å²) in [5.74, 6) is 0. The van der Waals surface area contributed by atoms with Crippen LogP contribution in [0.15, 0.2) is 58.3 Å². The monoisotopic (exact) mass is 373 g/mol. The molecule has 0 fully saturated rings. The van der Waals surface area contributed by atoms with Gasteiger partial charge in [0.1, 0.15) is 0 Å². The number of sulfone groups is 1. The molecule has 0 saturated carbocycles. The van der Waals surface area contributed by atoms with Crippen LogP contribution in [-0.2, 0) is 19.9 Å². The van der Waals surface area contributed by atoms with E-state index >= 15 is 0 Å². The molecule has 0 heterocycles. The molecule has 0 amide bonds. The Morgan fingerprint density at radius 1 is 0.957 bits per heavy atom. The molecule has 124 valence electrons. The van der Waals surface area contributed by atoms with Crippen molar-refractivity contribution in [3.63, 3.8) is 0 Å². The molecule has 0 radical (unpaired) electrons. The van der Waals surface area contributed by atoms with Crippen molar-refractivity contribution in [1.29, 1.82) is 0 Å². The van der Waals surface area contributed by atoms with Crippen LogP contribution in [0.3, 0.4) is 0 Å². The van der Waals surface area contributed by atoms with Crippen molar-refractivity contribution in [1.82, 2.24) is 4.72 Å². The zero-order valence-corrected chi connectivity index (χ0v) is 14.9. The van der Waals surface area contributed by atoms with Gasteiger partial charge in [0.25, 0.3) is 0 Å². The molecule has 1 atom stereocenters. The molecule has 2 rings (SSSR count). The van der Waals surface area contributed by atoms with Gasteiger partial charge in [-0.05, 0) is 42.8 Å². The van der Waals surface area contributed by atoms with Gasteiger partial charge in [0.05, 0.1) is 9.79 Å². The largest absolute Gasteiger partial charge is 0.241 e. The van der Waals surface area contributed by atoms with Gasteiger partial charge in [-0.3, -0.25) is 0 Å². The summed E-state index contributed by atoms with van der Waals surface area (Å²) in [6.45, 7) is 1.70. The van der Waals surface area contributed by atoms with Crippen LogP contribution < -0.4 is 4.72 Å². The fourth-order valence-electron chi connectivity index (χ4n) is 1.99. The standard InChI is InChI=1S/C15H16ClNO4S2/c1-11(12-6-8-13(16)9-7-12)17-23(20,21)15-5-3-4-14(10-15)22(2,18)19/h3-11,17H,1-2H3. The molecular formula is C15H16ClNO4S2. The first-order chi connectivity index (χ1) is 10.6. The summed E-state index contributed by atoms with van der Waals surface area (Å²) < 4.78 is 50.5. The second kappa shape index (κ2) is 6.60.